The summed E-state index contributed by atoms with van der Waals surface area (Å²) >= 11 is 0. The zero-order valence-corrected chi connectivity index (χ0v) is 11.6. The summed E-state index contributed by atoms with van der Waals surface area (Å²) in [6.45, 7) is 6.36. The maximum absolute atomic E-state index is 11.2. The zero-order chi connectivity index (χ0) is 15.1. The Morgan fingerprint density at radius 3 is 2.35 bits per heavy atom. The molecule has 0 bridgehead atoms. The number of carbonyl (C=O) groups excluding carboxylic acids is 1. The number of carbonyl (C=O) groups is 2. The van der Waals surface area contributed by atoms with Crippen LogP contribution in [0.1, 0.15) is 19.3 Å². The summed E-state index contributed by atoms with van der Waals surface area (Å²) < 4.78 is 15.4. The number of carboxylic acid groups (broad SMARTS) is 1. The van der Waals surface area contributed by atoms with E-state index in [4.69, 9.17) is 19.3 Å². The van der Waals surface area contributed by atoms with E-state index >= 15 is 0 Å². The van der Waals surface area contributed by atoms with Gasteiger partial charge in [-0.25, -0.2) is 0 Å². The first-order chi connectivity index (χ1) is 9.66. The van der Waals surface area contributed by atoms with Gasteiger partial charge >= 0.3 is 5.97 Å². The van der Waals surface area contributed by atoms with E-state index in [1.807, 2.05) is 0 Å². The van der Waals surface area contributed by atoms with E-state index in [-0.39, 0.29) is 18.7 Å². The smallest absolute Gasteiger partial charge is 0.303 e. The van der Waals surface area contributed by atoms with Crippen molar-refractivity contribution in [3.8, 4) is 0 Å². The van der Waals surface area contributed by atoms with Crippen LogP contribution in [0.3, 0.4) is 0 Å². The van der Waals surface area contributed by atoms with Crippen molar-refractivity contribution in [2.45, 2.75) is 19.3 Å². The summed E-state index contributed by atoms with van der Waals surface area (Å²) in [7, 11) is 0. The normalized spacial score (nSPS) is 10.0. The van der Waals surface area contributed by atoms with E-state index in [0.717, 1.165) is 0 Å². The zero-order valence-electron chi connectivity index (χ0n) is 11.6. The first-order valence-electron chi connectivity index (χ1n) is 6.53. The third-order valence-electron chi connectivity index (χ3n) is 2.19. The molecule has 0 saturated carbocycles. The van der Waals surface area contributed by atoms with Crippen molar-refractivity contribution in [1.82, 2.24) is 5.32 Å². The molecule has 0 fully saturated rings. The highest BCUT2D eigenvalue weighted by molar-refractivity contribution is 5.80. The van der Waals surface area contributed by atoms with Gasteiger partial charge in [-0.3, -0.25) is 9.59 Å². The number of carboxylic acids is 1. The fourth-order valence-electron chi connectivity index (χ4n) is 1.22. The molecule has 0 rings (SSSR count). The largest absolute Gasteiger partial charge is 0.499 e. The van der Waals surface area contributed by atoms with Crippen molar-refractivity contribution in [3.63, 3.8) is 0 Å². The van der Waals surface area contributed by atoms with E-state index in [1.54, 1.807) is 0 Å². The highest BCUT2D eigenvalue weighted by atomic mass is 16.5. The molecule has 2 N–H and O–H groups in total. The van der Waals surface area contributed by atoms with Crippen molar-refractivity contribution in [1.29, 1.82) is 0 Å². The molecule has 1 amide bonds. The summed E-state index contributed by atoms with van der Waals surface area (Å²) in [6, 6.07) is 0. The van der Waals surface area contributed by atoms with Gasteiger partial charge in [-0.15, -0.1) is 0 Å². The van der Waals surface area contributed by atoms with Crippen LogP contribution in [0.2, 0.25) is 0 Å². The Kier molecular flexibility index (Phi) is 12.7. The topological polar surface area (TPSA) is 94.1 Å². The quantitative estimate of drug-likeness (QED) is 0.358. The average Bonchev–Trinajstić information content (AvgIpc) is 2.42. The van der Waals surface area contributed by atoms with E-state index in [2.05, 4.69) is 11.9 Å². The molecule has 0 aliphatic carbocycles. The lowest BCUT2D eigenvalue weighted by Crippen LogP contribution is -2.25. The van der Waals surface area contributed by atoms with Crippen molar-refractivity contribution >= 4 is 11.9 Å². The summed E-state index contributed by atoms with van der Waals surface area (Å²) in [5.41, 5.74) is 0. The number of nitrogens with one attached hydrogen (secondary N) is 1. The van der Waals surface area contributed by atoms with Gasteiger partial charge in [0.05, 0.1) is 32.5 Å². The van der Waals surface area contributed by atoms with Crippen LogP contribution >= 0.6 is 0 Å². The molecule has 0 atom stereocenters. The predicted molar refractivity (Wildman–Crippen MR) is 72.3 cm³/mol. The SMILES string of the molecule is C=COCCOCCOCCCNC(=O)CCC(=O)O. The van der Waals surface area contributed by atoms with Crippen molar-refractivity contribution in [2.75, 3.05) is 39.6 Å². The van der Waals surface area contributed by atoms with Gasteiger partial charge in [0.1, 0.15) is 6.61 Å². The molecule has 0 aliphatic rings. The Labute approximate surface area is 118 Å². The molecular formula is C13H23NO6. The molecule has 0 aromatic carbocycles. The monoisotopic (exact) mass is 289 g/mol. The number of rotatable bonds is 14. The highest BCUT2D eigenvalue weighted by Crippen LogP contribution is 1.89. The Morgan fingerprint density at radius 2 is 1.70 bits per heavy atom. The van der Waals surface area contributed by atoms with Gasteiger partial charge in [-0.2, -0.15) is 0 Å². The minimum absolute atomic E-state index is 0.0107. The summed E-state index contributed by atoms with van der Waals surface area (Å²) in [4.78, 5) is 21.4. The summed E-state index contributed by atoms with van der Waals surface area (Å²) in [5.74, 6) is -1.22. The molecule has 7 nitrogen and oxygen atoms in total. The molecule has 0 unspecified atom stereocenters. The fraction of sp³-hybridized carbons (Fsp3) is 0.692. The second-order valence-corrected chi connectivity index (χ2v) is 3.86. The standard InChI is InChI=1S/C13H23NO6/c1-2-18-8-9-20-11-10-19-7-3-6-14-12(15)4-5-13(16)17/h2H,1,3-11H2,(H,14,15)(H,16,17). The van der Waals surface area contributed by atoms with E-state index in [9.17, 15) is 9.59 Å². The molecule has 0 spiro atoms. The maximum atomic E-state index is 11.2. The number of aliphatic carboxylic acids is 1. The fourth-order valence-corrected chi connectivity index (χ4v) is 1.22. The van der Waals surface area contributed by atoms with Gasteiger partial charge in [-0.05, 0) is 6.42 Å². The molecule has 0 heterocycles. The van der Waals surface area contributed by atoms with Gasteiger partial charge < -0.3 is 24.6 Å². The third-order valence-corrected chi connectivity index (χ3v) is 2.19. The van der Waals surface area contributed by atoms with E-state index < -0.39 is 5.97 Å². The Morgan fingerprint density at radius 1 is 1.05 bits per heavy atom. The molecule has 0 radical (unpaired) electrons. The number of ether oxygens (including phenoxy) is 3. The van der Waals surface area contributed by atoms with Crippen LogP contribution in [0, 0.1) is 0 Å². The van der Waals surface area contributed by atoms with Gasteiger partial charge in [0.15, 0.2) is 0 Å². The molecule has 0 aliphatic heterocycles. The number of amides is 1. The van der Waals surface area contributed by atoms with Crippen LogP contribution in [-0.2, 0) is 23.8 Å². The predicted octanol–water partition coefficient (Wildman–Crippen LogP) is 0.551. The second-order valence-electron chi connectivity index (χ2n) is 3.86. The van der Waals surface area contributed by atoms with Crippen LogP contribution in [-0.4, -0.2) is 56.6 Å². The molecule has 20 heavy (non-hydrogen) atoms. The first-order valence-corrected chi connectivity index (χ1v) is 6.53. The van der Waals surface area contributed by atoms with Crippen molar-refractivity contribution < 1.29 is 28.9 Å². The lowest BCUT2D eigenvalue weighted by atomic mass is 10.3. The van der Waals surface area contributed by atoms with Crippen LogP contribution in [0.25, 0.3) is 0 Å². The molecule has 0 aromatic heterocycles. The highest BCUT2D eigenvalue weighted by Gasteiger charge is 2.03. The Bertz CT molecular complexity index is 282. The van der Waals surface area contributed by atoms with Gasteiger partial charge in [0.25, 0.3) is 0 Å². The maximum Gasteiger partial charge on any atom is 0.303 e. The van der Waals surface area contributed by atoms with Crippen molar-refractivity contribution in [3.05, 3.63) is 12.8 Å². The minimum Gasteiger partial charge on any atom is -0.499 e. The summed E-state index contributed by atoms with van der Waals surface area (Å²) in [6.07, 6.45) is 1.91. The second kappa shape index (κ2) is 13.8. The van der Waals surface area contributed by atoms with Crippen LogP contribution in [0.4, 0.5) is 0 Å². The Balaban J connectivity index is 3.14. The minimum atomic E-state index is -0.970. The molecule has 116 valence electrons. The lowest BCUT2D eigenvalue weighted by Gasteiger charge is -2.06. The van der Waals surface area contributed by atoms with Gasteiger partial charge in [-0.1, -0.05) is 6.58 Å². The molecule has 0 saturated heterocycles. The van der Waals surface area contributed by atoms with Crippen LogP contribution in [0.15, 0.2) is 12.8 Å². The van der Waals surface area contributed by atoms with E-state index in [1.165, 1.54) is 6.26 Å². The van der Waals surface area contributed by atoms with Crippen molar-refractivity contribution in [2.24, 2.45) is 0 Å². The molecular weight excluding hydrogens is 266 g/mol. The summed E-state index contributed by atoms with van der Waals surface area (Å²) in [5, 5.41) is 11.0. The molecule has 0 aromatic rings. The molecule has 7 heteroatoms. The van der Waals surface area contributed by atoms with Crippen LogP contribution in [0.5, 0.6) is 0 Å². The average molecular weight is 289 g/mol. The Hall–Kier alpha value is -1.60. The van der Waals surface area contributed by atoms with Gasteiger partial charge in [0, 0.05) is 19.6 Å². The van der Waals surface area contributed by atoms with Crippen LogP contribution < -0.4 is 5.32 Å². The third kappa shape index (κ3) is 14.5. The number of hydrogen-bond donors (Lipinski definition) is 2. The first kappa shape index (κ1) is 18.4. The van der Waals surface area contributed by atoms with E-state index in [0.29, 0.717) is 46.0 Å². The number of hydrogen-bond acceptors (Lipinski definition) is 5. The lowest BCUT2D eigenvalue weighted by molar-refractivity contribution is -0.138. The van der Waals surface area contributed by atoms with Gasteiger partial charge in [0.2, 0.25) is 5.91 Å².